The Hall–Kier alpha value is -1.32. The van der Waals surface area contributed by atoms with Crippen LogP contribution >= 0.6 is 11.6 Å². The first kappa shape index (κ1) is 15.7. The Morgan fingerprint density at radius 1 is 1.42 bits per heavy atom. The normalized spacial score (nSPS) is 14.6. The van der Waals surface area contributed by atoms with Crippen LogP contribution in [0.3, 0.4) is 0 Å². The Labute approximate surface area is 111 Å². The van der Waals surface area contributed by atoms with Crippen LogP contribution in [0.4, 0.5) is 13.2 Å². The molecule has 0 saturated carbocycles. The van der Waals surface area contributed by atoms with E-state index in [1.165, 1.54) is 0 Å². The first-order chi connectivity index (χ1) is 8.62. The molecule has 5 nitrogen and oxygen atoms in total. The van der Waals surface area contributed by atoms with Gasteiger partial charge in [-0.25, -0.2) is 4.18 Å². The molecule has 0 spiro atoms. The van der Waals surface area contributed by atoms with E-state index in [1.54, 1.807) is 0 Å². The summed E-state index contributed by atoms with van der Waals surface area (Å²) < 4.78 is 65.2. The minimum atomic E-state index is -5.66. The highest BCUT2D eigenvalue weighted by molar-refractivity contribution is 7.94. The maximum atomic E-state index is 12.3. The van der Waals surface area contributed by atoms with Gasteiger partial charge in [0.05, 0.1) is 12.7 Å². The highest BCUT2D eigenvalue weighted by atomic mass is 35.5. The molecule has 10 heteroatoms. The van der Waals surface area contributed by atoms with Crippen molar-refractivity contribution in [1.29, 1.82) is 0 Å². The SMILES string of the molecule is COc1cc(Cl)cc(C=O)c1O[S+](=O)(O)C(F)(F)F. The topological polar surface area (TPSA) is 72.8 Å². The molecule has 0 amide bonds. The Morgan fingerprint density at radius 2 is 2.00 bits per heavy atom. The molecule has 1 aromatic carbocycles. The number of carbonyl (C=O) groups is 1. The van der Waals surface area contributed by atoms with Crippen LogP contribution < -0.4 is 8.92 Å². The Bertz CT molecular complexity index is 545. The van der Waals surface area contributed by atoms with Crippen molar-refractivity contribution >= 4 is 28.4 Å². The molecular weight excluding hydrogens is 313 g/mol. The number of methoxy groups -OCH3 is 1. The molecule has 1 aromatic rings. The number of rotatable bonds is 4. The van der Waals surface area contributed by atoms with E-state index < -0.39 is 27.3 Å². The van der Waals surface area contributed by atoms with Crippen LogP contribution in [-0.4, -0.2) is 23.5 Å². The lowest BCUT2D eigenvalue weighted by Gasteiger charge is -2.11. The van der Waals surface area contributed by atoms with Gasteiger partial charge in [0.1, 0.15) is 0 Å². The molecular formula is C9H7ClF3O5S+. The van der Waals surface area contributed by atoms with Gasteiger partial charge in [0, 0.05) is 11.1 Å². The van der Waals surface area contributed by atoms with Crippen molar-refractivity contribution in [2.45, 2.75) is 5.51 Å². The largest absolute Gasteiger partial charge is 0.650 e. The lowest BCUT2D eigenvalue weighted by Crippen LogP contribution is -2.35. The standard InChI is InChI=1S/C9H6ClF3O5S/c1-17-7-3-6(10)2-5(4-14)8(7)18-19(15,16)9(11,12)13/h2-4H,1H3/p+1. The smallest absolute Gasteiger partial charge is 0.493 e. The number of ether oxygens (including phenoxy) is 1. The summed E-state index contributed by atoms with van der Waals surface area (Å²) in [6.45, 7) is 0. The molecule has 0 fully saturated rings. The molecule has 0 heterocycles. The van der Waals surface area contributed by atoms with Gasteiger partial charge in [0.2, 0.25) is 5.75 Å². The molecule has 0 radical (unpaired) electrons. The fourth-order valence-electron chi connectivity index (χ4n) is 1.08. The second-order valence-corrected chi connectivity index (χ2v) is 5.16. The van der Waals surface area contributed by atoms with Gasteiger partial charge in [-0.3, -0.25) is 4.79 Å². The first-order valence-corrected chi connectivity index (χ1v) is 6.29. The number of halogens is 4. The van der Waals surface area contributed by atoms with E-state index in [9.17, 15) is 22.2 Å². The van der Waals surface area contributed by atoms with E-state index in [1.807, 2.05) is 0 Å². The average Bonchev–Trinajstić information content (AvgIpc) is 2.28. The highest BCUT2D eigenvalue weighted by Gasteiger charge is 2.63. The molecule has 0 aromatic heterocycles. The van der Waals surface area contributed by atoms with Gasteiger partial charge in [-0.2, -0.15) is 0 Å². The summed E-state index contributed by atoms with van der Waals surface area (Å²) in [5, 5.41) is -0.0113. The molecule has 0 aliphatic rings. The van der Waals surface area contributed by atoms with Crippen molar-refractivity contribution in [3.05, 3.63) is 22.7 Å². The molecule has 0 saturated heterocycles. The van der Waals surface area contributed by atoms with Crippen LogP contribution in [0.1, 0.15) is 10.4 Å². The predicted molar refractivity (Wildman–Crippen MR) is 60.8 cm³/mol. The van der Waals surface area contributed by atoms with Gasteiger partial charge >= 0.3 is 16.0 Å². The Balaban J connectivity index is 3.35. The van der Waals surface area contributed by atoms with E-state index in [2.05, 4.69) is 8.92 Å². The second-order valence-electron chi connectivity index (χ2n) is 3.15. The molecule has 1 atom stereocenters. The fourth-order valence-corrected chi connectivity index (χ4v) is 1.79. The Morgan fingerprint density at radius 3 is 2.42 bits per heavy atom. The zero-order valence-electron chi connectivity index (χ0n) is 9.23. The summed E-state index contributed by atoms with van der Waals surface area (Å²) in [6, 6.07) is 2.01. The van der Waals surface area contributed by atoms with E-state index in [0.717, 1.165) is 19.2 Å². The molecule has 106 valence electrons. The summed E-state index contributed by atoms with van der Waals surface area (Å²) in [4.78, 5) is 10.7. The van der Waals surface area contributed by atoms with Crippen molar-refractivity contribution < 1.29 is 35.6 Å². The van der Waals surface area contributed by atoms with Crippen molar-refractivity contribution in [3.63, 3.8) is 0 Å². The lowest BCUT2D eigenvalue weighted by molar-refractivity contribution is -0.0578. The van der Waals surface area contributed by atoms with Crippen LogP contribution in [0.5, 0.6) is 11.5 Å². The van der Waals surface area contributed by atoms with Crippen molar-refractivity contribution in [2.24, 2.45) is 0 Å². The number of aldehydes is 1. The minimum absolute atomic E-state index is 0.0113. The molecule has 0 aliphatic carbocycles. The maximum Gasteiger partial charge on any atom is 0.650 e. The zero-order valence-corrected chi connectivity index (χ0v) is 10.8. The third kappa shape index (κ3) is 3.37. The van der Waals surface area contributed by atoms with Crippen LogP contribution in [-0.2, 0) is 14.7 Å². The molecule has 1 N–H and O–H groups in total. The van der Waals surface area contributed by atoms with Crippen molar-refractivity contribution in [1.82, 2.24) is 0 Å². The van der Waals surface area contributed by atoms with Crippen LogP contribution in [0.2, 0.25) is 5.02 Å². The summed E-state index contributed by atoms with van der Waals surface area (Å²) in [5.74, 6) is -1.19. The number of hydrogen-bond acceptors (Lipinski definition) is 4. The highest BCUT2D eigenvalue weighted by Crippen LogP contribution is 2.39. The van der Waals surface area contributed by atoms with E-state index in [0.29, 0.717) is 0 Å². The van der Waals surface area contributed by atoms with E-state index in [4.69, 9.17) is 16.2 Å². The predicted octanol–water partition coefficient (Wildman–Crippen LogP) is 2.95. The monoisotopic (exact) mass is 319 g/mol. The maximum absolute atomic E-state index is 12.3. The first-order valence-electron chi connectivity index (χ1n) is 4.47. The minimum Gasteiger partial charge on any atom is -0.493 e. The summed E-state index contributed by atoms with van der Waals surface area (Å²) in [6.07, 6.45) is 0.121. The van der Waals surface area contributed by atoms with Gasteiger partial charge in [0.15, 0.2) is 12.0 Å². The van der Waals surface area contributed by atoms with Gasteiger partial charge in [-0.05, 0) is 10.3 Å². The molecule has 19 heavy (non-hydrogen) atoms. The molecule has 0 aliphatic heterocycles. The Kier molecular flexibility index (Phi) is 4.43. The van der Waals surface area contributed by atoms with E-state index in [-0.39, 0.29) is 17.1 Å². The number of hydrogen-bond donors (Lipinski definition) is 1. The molecule has 1 rings (SSSR count). The lowest BCUT2D eigenvalue weighted by atomic mass is 10.2. The molecule has 0 bridgehead atoms. The van der Waals surface area contributed by atoms with Crippen LogP contribution in [0.25, 0.3) is 0 Å². The number of benzene rings is 1. The van der Waals surface area contributed by atoms with E-state index >= 15 is 0 Å². The van der Waals surface area contributed by atoms with Crippen molar-refractivity contribution in [3.8, 4) is 11.5 Å². The summed E-state index contributed by atoms with van der Waals surface area (Å²) in [5.41, 5.74) is -5.96. The number of alkyl halides is 3. The quantitative estimate of drug-likeness (QED) is 0.682. The zero-order chi connectivity index (χ0) is 14.8. The fraction of sp³-hybridized carbons (Fsp3) is 0.222. The van der Waals surface area contributed by atoms with Gasteiger partial charge < -0.3 is 4.74 Å². The average molecular weight is 320 g/mol. The second kappa shape index (κ2) is 5.35. The van der Waals surface area contributed by atoms with Crippen molar-refractivity contribution in [2.75, 3.05) is 7.11 Å². The third-order valence-corrected chi connectivity index (χ3v) is 3.08. The van der Waals surface area contributed by atoms with Crippen LogP contribution in [0, 0.1) is 0 Å². The van der Waals surface area contributed by atoms with Crippen LogP contribution in [0.15, 0.2) is 12.1 Å². The third-order valence-electron chi connectivity index (χ3n) is 1.88. The molecule has 1 unspecified atom stereocenters. The number of carbonyl (C=O) groups excluding carboxylic acids is 1. The van der Waals surface area contributed by atoms with Gasteiger partial charge in [-0.1, -0.05) is 11.6 Å². The van der Waals surface area contributed by atoms with Gasteiger partial charge in [-0.15, -0.1) is 17.7 Å². The van der Waals surface area contributed by atoms with Gasteiger partial charge in [0.25, 0.3) is 0 Å². The summed E-state index contributed by atoms with van der Waals surface area (Å²) in [7, 11) is -4.59. The summed E-state index contributed by atoms with van der Waals surface area (Å²) >= 11 is 5.59.